The first-order valence-electron chi connectivity index (χ1n) is 10.5. The zero-order valence-corrected chi connectivity index (χ0v) is 19.1. The maximum absolute atomic E-state index is 13.1. The van der Waals surface area contributed by atoms with Crippen LogP contribution in [0.25, 0.3) is 0 Å². The van der Waals surface area contributed by atoms with E-state index in [1.807, 2.05) is 24.3 Å². The number of hydrogen-bond donors (Lipinski definition) is 1. The molecule has 34 heavy (non-hydrogen) atoms. The topological polar surface area (TPSA) is 82.6 Å². The van der Waals surface area contributed by atoms with Crippen LogP contribution in [-0.4, -0.2) is 40.0 Å². The highest BCUT2D eigenvalue weighted by Gasteiger charge is 2.40. The van der Waals surface area contributed by atoms with Crippen LogP contribution in [0.2, 0.25) is 0 Å². The third kappa shape index (κ3) is 6.14. The summed E-state index contributed by atoms with van der Waals surface area (Å²) in [6, 6.07) is 7.60. The predicted molar refractivity (Wildman–Crippen MR) is 122 cm³/mol. The summed E-state index contributed by atoms with van der Waals surface area (Å²) in [5.41, 5.74) is -2.21. The number of ether oxygens (including phenoxy) is 3. The number of rotatable bonds is 8. The van der Waals surface area contributed by atoms with Crippen LogP contribution in [0.15, 0.2) is 40.1 Å². The Hall–Kier alpha value is -2.94. The molecule has 0 aliphatic carbocycles. The Kier molecular flexibility index (Phi) is 8.30. The number of thiocarbonyl (C=S) groups is 1. The third-order valence-electron chi connectivity index (χ3n) is 5.25. The number of alkyl halides is 3. The first-order valence-corrected chi connectivity index (χ1v) is 10.9. The summed E-state index contributed by atoms with van der Waals surface area (Å²) in [5, 5.41) is 0.214. The number of aromatic amines is 1. The largest absolute Gasteiger partial charge is 0.480 e. The highest BCUT2D eigenvalue weighted by molar-refractivity contribution is 7.80. The van der Waals surface area contributed by atoms with Crippen molar-refractivity contribution in [1.29, 1.82) is 0 Å². The van der Waals surface area contributed by atoms with Gasteiger partial charge in [0.15, 0.2) is 5.05 Å². The molecule has 0 saturated carbocycles. The van der Waals surface area contributed by atoms with E-state index in [1.54, 1.807) is 4.98 Å². The number of hydrogen-bond acceptors (Lipinski definition) is 6. The Labute approximate surface area is 198 Å². The van der Waals surface area contributed by atoms with Gasteiger partial charge in [-0.25, -0.2) is 4.79 Å². The third-order valence-corrected chi connectivity index (χ3v) is 5.61. The van der Waals surface area contributed by atoms with Gasteiger partial charge in [-0.2, -0.15) is 13.2 Å². The molecule has 11 heteroatoms. The van der Waals surface area contributed by atoms with Crippen LogP contribution >= 0.6 is 12.2 Å². The summed E-state index contributed by atoms with van der Waals surface area (Å²) < 4.78 is 57.2. The summed E-state index contributed by atoms with van der Waals surface area (Å²) in [6.45, 7) is 1.93. The fourth-order valence-corrected chi connectivity index (χ4v) is 3.79. The number of benzene rings is 1. The average Bonchev–Trinajstić information content (AvgIpc) is 3.18. The second-order valence-electron chi connectivity index (χ2n) is 7.67. The van der Waals surface area contributed by atoms with Crippen LogP contribution in [0.3, 0.4) is 0 Å². The molecule has 1 N–H and O–H groups in total. The lowest BCUT2D eigenvalue weighted by Crippen LogP contribution is -2.36. The molecule has 1 saturated heterocycles. The van der Waals surface area contributed by atoms with E-state index >= 15 is 0 Å². The maximum atomic E-state index is 13.1. The van der Waals surface area contributed by atoms with Crippen molar-refractivity contribution in [2.75, 3.05) is 13.2 Å². The van der Waals surface area contributed by atoms with Crippen LogP contribution in [0.5, 0.6) is 0 Å². The van der Waals surface area contributed by atoms with E-state index in [4.69, 9.17) is 32.9 Å². The van der Waals surface area contributed by atoms with E-state index in [-0.39, 0.29) is 24.7 Å². The van der Waals surface area contributed by atoms with Gasteiger partial charge in [0.25, 0.3) is 5.56 Å². The number of nitrogens with zero attached hydrogens (tertiary/aromatic N) is 1. The van der Waals surface area contributed by atoms with E-state index in [1.165, 1.54) is 5.56 Å². The van der Waals surface area contributed by atoms with Crippen molar-refractivity contribution in [3.63, 3.8) is 0 Å². The molecule has 1 aliphatic heterocycles. The lowest BCUT2D eigenvalue weighted by atomic mass is 10.1. The Morgan fingerprint density at radius 2 is 2.03 bits per heavy atom. The van der Waals surface area contributed by atoms with Gasteiger partial charge in [-0.05, 0) is 24.2 Å². The quantitative estimate of drug-likeness (QED) is 0.447. The zero-order chi connectivity index (χ0) is 24.9. The maximum Gasteiger partial charge on any atom is 0.423 e. The fraction of sp³-hybridized carbons (Fsp3) is 0.435. The van der Waals surface area contributed by atoms with E-state index in [0.29, 0.717) is 16.3 Å². The summed E-state index contributed by atoms with van der Waals surface area (Å²) in [6.07, 6.45) is 0.134. The number of aromatic nitrogens is 2. The summed E-state index contributed by atoms with van der Waals surface area (Å²) in [4.78, 5) is 25.5. The van der Waals surface area contributed by atoms with Gasteiger partial charge in [-0.1, -0.05) is 43.5 Å². The molecule has 2 aromatic rings. The summed E-state index contributed by atoms with van der Waals surface area (Å²) >= 11 is 5.33. The van der Waals surface area contributed by atoms with Crippen LogP contribution in [0, 0.1) is 12.3 Å². The molecule has 182 valence electrons. The molecular weight excluding hydrogens is 473 g/mol. The molecule has 1 aromatic carbocycles. The van der Waals surface area contributed by atoms with Crippen molar-refractivity contribution >= 4 is 17.3 Å². The molecule has 3 rings (SSSR count). The summed E-state index contributed by atoms with van der Waals surface area (Å²) in [5.74, 6) is 2.31. The van der Waals surface area contributed by atoms with Gasteiger partial charge in [0.2, 0.25) is 0 Å². The minimum Gasteiger partial charge on any atom is -0.480 e. The van der Waals surface area contributed by atoms with Gasteiger partial charge in [-0.15, -0.1) is 6.42 Å². The van der Waals surface area contributed by atoms with Crippen molar-refractivity contribution < 1.29 is 27.4 Å². The van der Waals surface area contributed by atoms with Gasteiger partial charge < -0.3 is 14.2 Å². The van der Waals surface area contributed by atoms with E-state index in [9.17, 15) is 22.8 Å². The standard InChI is InChI=1S/C23H23F3N2O5S/c1-3-5-14-6-8-15(9-7-14)21(34)32-13-18-17(31-10-4-2)11-19(33-18)28-12-16(23(24,25)26)20(29)27-22(28)30/h2,6-9,12,17-19H,3,5,10-11,13H2,1H3,(H,27,29,30)/t17-,18+,19+/m0/s1. The van der Waals surface area contributed by atoms with Gasteiger partial charge in [0, 0.05) is 18.2 Å². The van der Waals surface area contributed by atoms with Crippen molar-refractivity contribution in [3.8, 4) is 12.3 Å². The Balaban J connectivity index is 1.75. The minimum atomic E-state index is -4.94. The SMILES string of the molecule is C#CCO[C@H]1C[C@H](n2cc(C(F)(F)F)c(=O)[nH]c2=O)O[C@@H]1COC(=S)c1ccc(CCC)cc1. The van der Waals surface area contributed by atoms with Crippen molar-refractivity contribution in [1.82, 2.24) is 9.55 Å². The number of aryl methyl sites for hydroxylation is 1. The van der Waals surface area contributed by atoms with Gasteiger partial charge in [-0.3, -0.25) is 14.3 Å². The van der Waals surface area contributed by atoms with Crippen LogP contribution in [0.4, 0.5) is 13.2 Å². The van der Waals surface area contributed by atoms with Crippen LogP contribution in [-0.2, 0) is 26.8 Å². The lowest BCUT2D eigenvalue weighted by molar-refractivity contribution is -0.139. The first-order chi connectivity index (χ1) is 16.1. The molecule has 0 unspecified atom stereocenters. The first kappa shape index (κ1) is 25.7. The average molecular weight is 497 g/mol. The second kappa shape index (κ2) is 11.0. The molecular formula is C23H23F3N2O5S. The second-order valence-corrected chi connectivity index (χ2v) is 8.04. The Morgan fingerprint density at radius 1 is 1.32 bits per heavy atom. The predicted octanol–water partition coefficient (Wildman–Crippen LogP) is 3.21. The molecule has 1 aromatic heterocycles. The van der Waals surface area contributed by atoms with Crippen molar-refractivity contribution in [3.05, 3.63) is 68.0 Å². The normalized spacial score (nSPS) is 20.1. The molecule has 0 bridgehead atoms. The number of halogens is 3. The Morgan fingerprint density at radius 3 is 2.65 bits per heavy atom. The minimum absolute atomic E-state index is 0.0113. The molecule has 1 aliphatic rings. The van der Waals surface area contributed by atoms with Gasteiger partial charge >= 0.3 is 11.9 Å². The van der Waals surface area contributed by atoms with E-state index in [0.717, 1.165) is 12.8 Å². The molecule has 0 radical (unpaired) electrons. The number of H-pyrrole nitrogens is 1. The molecule has 1 fully saturated rings. The molecule has 0 amide bonds. The molecule has 0 spiro atoms. The number of nitrogens with one attached hydrogen (secondary N) is 1. The molecule has 3 atom stereocenters. The van der Waals surface area contributed by atoms with Gasteiger partial charge in [0.05, 0.1) is 6.10 Å². The van der Waals surface area contributed by atoms with E-state index in [2.05, 4.69) is 12.8 Å². The highest BCUT2D eigenvalue weighted by atomic mass is 32.1. The van der Waals surface area contributed by atoms with Crippen molar-refractivity contribution in [2.45, 2.75) is 50.8 Å². The zero-order valence-electron chi connectivity index (χ0n) is 18.3. The smallest absolute Gasteiger partial charge is 0.423 e. The van der Waals surface area contributed by atoms with Gasteiger partial charge in [0.1, 0.15) is 31.1 Å². The molecule has 7 nitrogen and oxygen atoms in total. The van der Waals surface area contributed by atoms with Crippen molar-refractivity contribution in [2.24, 2.45) is 0 Å². The lowest BCUT2D eigenvalue weighted by Gasteiger charge is -2.19. The van der Waals surface area contributed by atoms with Crippen LogP contribution in [0.1, 0.15) is 42.7 Å². The monoisotopic (exact) mass is 496 g/mol. The van der Waals surface area contributed by atoms with Crippen LogP contribution < -0.4 is 11.2 Å². The fourth-order valence-electron chi connectivity index (χ4n) is 3.59. The van der Waals surface area contributed by atoms with E-state index < -0.39 is 41.4 Å². The molecule has 2 heterocycles. The Bertz CT molecular complexity index is 1170. The summed E-state index contributed by atoms with van der Waals surface area (Å²) in [7, 11) is 0. The highest BCUT2D eigenvalue weighted by Crippen LogP contribution is 2.32. The number of terminal acetylenes is 1.